The van der Waals surface area contributed by atoms with Crippen LogP contribution in [0.5, 0.6) is 0 Å². The molecule has 6 nitrogen and oxygen atoms in total. The quantitative estimate of drug-likeness (QED) is 0.575. The molecule has 0 aromatic heterocycles. The molecule has 0 radical (unpaired) electrons. The molecule has 1 aromatic carbocycles. The fourth-order valence-corrected chi connectivity index (χ4v) is 3.21. The third-order valence-corrected chi connectivity index (χ3v) is 5.40. The number of carbonyl (C=O) groups is 2. The second-order valence-electron chi connectivity index (χ2n) is 6.95. The lowest BCUT2D eigenvalue weighted by Crippen LogP contribution is -2.41. The van der Waals surface area contributed by atoms with Crippen LogP contribution >= 0.6 is 15.9 Å². The van der Waals surface area contributed by atoms with Gasteiger partial charge in [-0.2, -0.15) is 0 Å². The minimum absolute atomic E-state index is 0.0682. The number of carboxylic acids is 1. The van der Waals surface area contributed by atoms with Gasteiger partial charge in [-0.1, -0.05) is 0 Å². The van der Waals surface area contributed by atoms with Crippen LogP contribution in [0.4, 0.5) is 10.1 Å². The summed E-state index contributed by atoms with van der Waals surface area (Å²) >= 11 is 3.20. The van der Waals surface area contributed by atoms with Gasteiger partial charge in [0.1, 0.15) is 5.73 Å². The molecule has 1 aromatic rings. The number of hydrogen-bond acceptors (Lipinski definition) is 4. The first-order valence-electron chi connectivity index (χ1n) is 7.58. The maximum absolute atomic E-state index is 15.1. The molecule has 1 saturated heterocycles. The van der Waals surface area contributed by atoms with Crippen LogP contribution in [0, 0.1) is 0 Å². The Morgan fingerprint density at radius 1 is 1.24 bits per heavy atom. The van der Waals surface area contributed by atoms with Crippen molar-refractivity contribution in [3.8, 4) is 0 Å². The van der Waals surface area contributed by atoms with Gasteiger partial charge in [0.25, 0.3) is 5.91 Å². The van der Waals surface area contributed by atoms with Gasteiger partial charge in [0.05, 0.1) is 28.0 Å². The van der Waals surface area contributed by atoms with Crippen molar-refractivity contribution < 1.29 is 28.4 Å². The molecule has 1 fully saturated rings. The lowest BCUT2D eigenvalue weighted by atomic mass is 9.83. The molecule has 2 N–H and O–H groups in total. The van der Waals surface area contributed by atoms with Gasteiger partial charge in [0.2, 0.25) is 0 Å². The summed E-state index contributed by atoms with van der Waals surface area (Å²) in [7, 11) is -1.34. The van der Waals surface area contributed by atoms with Crippen molar-refractivity contribution in [3.63, 3.8) is 0 Å². The maximum Gasteiger partial charge on any atom is 0.526 e. The number of carbonyl (C=O) groups excluding carboxylic acids is 1. The molecular weight excluding hydrogens is 396 g/mol. The highest BCUT2D eigenvalue weighted by molar-refractivity contribution is 9.10. The SMILES string of the molecule is CC1(C)OB(C(F)=C2C(=O)Nc3c(Br)cc(C(=O)O)cc32)OC1(C)C. The largest absolute Gasteiger partial charge is 0.526 e. The molecule has 1 amide bonds. The standard InChI is InChI=1S/C16H16BBrFNO5/c1-15(2)16(3,4)25-17(24-15)12(19)10-8-5-7(14(22)23)6-9(18)11(8)20-13(10)21/h5-6H,1-4H3,(H,20,21)(H,22,23). The summed E-state index contributed by atoms with van der Waals surface area (Å²) in [6.07, 6.45) is 0. The molecule has 0 saturated carbocycles. The predicted octanol–water partition coefficient (Wildman–Crippen LogP) is 3.41. The van der Waals surface area contributed by atoms with E-state index in [1.165, 1.54) is 12.1 Å². The van der Waals surface area contributed by atoms with E-state index in [9.17, 15) is 14.7 Å². The average Bonchev–Trinajstić information content (AvgIpc) is 2.92. The van der Waals surface area contributed by atoms with E-state index in [2.05, 4.69) is 21.2 Å². The van der Waals surface area contributed by atoms with Crippen molar-refractivity contribution in [2.24, 2.45) is 0 Å². The zero-order valence-electron chi connectivity index (χ0n) is 14.1. The Morgan fingerprint density at radius 2 is 1.80 bits per heavy atom. The summed E-state index contributed by atoms with van der Waals surface area (Å²) in [6, 6.07) is 2.59. The Labute approximate surface area is 152 Å². The van der Waals surface area contributed by atoms with E-state index in [4.69, 9.17) is 9.31 Å². The highest BCUT2D eigenvalue weighted by Gasteiger charge is 2.54. The topological polar surface area (TPSA) is 84.9 Å². The van der Waals surface area contributed by atoms with E-state index in [0.717, 1.165) is 0 Å². The Morgan fingerprint density at radius 3 is 2.32 bits per heavy atom. The van der Waals surface area contributed by atoms with Crippen LogP contribution in [0.3, 0.4) is 0 Å². The molecule has 2 aliphatic heterocycles. The number of aromatic carboxylic acids is 1. The van der Waals surface area contributed by atoms with Gasteiger partial charge in [0, 0.05) is 10.0 Å². The monoisotopic (exact) mass is 411 g/mol. The number of carboxylic acid groups (broad SMARTS) is 1. The number of amides is 1. The van der Waals surface area contributed by atoms with Crippen LogP contribution in [0.15, 0.2) is 22.3 Å². The maximum atomic E-state index is 15.1. The highest BCUT2D eigenvalue weighted by Crippen LogP contribution is 2.44. The van der Waals surface area contributed by atoms with Gasteiger partial charge in [-0.15, -0.1) is 0 Å². The number of rotatable bonds is 2. The smallest absolute Gasteiger partial charge is 0.478 e. The van der Waals surface area contributed by atoms with Crippen LogP contribution in [0.2, 0.25) is 0 Å². The number of fused-ring (bicyclic) bond motifs is 1. The van der Waals surface area contributed by atoms with Gasteiger partial charge >= 0.3 is 13.1 Å². The Bertz CT molecular complexity index is 820. The lowest BCUT2D eigenvalue weighted by molar-refractivity contribution is -0.110. The molecule has 2 aliphatic rings. The van der Waals surface area contributed by atoms with Gasteiger partial charge < -0.3 is 19.7 Å². The zero-order chi connectivity index (χ0) is 18.7. The van der Waals surface area contributed by atoms with Gasteiger partial charge in [-0.3, -0.25) is 4.79 Å². The fraction of sp³-hybridized carbons (Fsp3) is 0.375. The molecule has 0 atom stereocenters. The molecule has 132 valence electrons. The number of nitrogens with one attached hydrogen (secondary N) is 1. The Balaban J connectivity index is 2.12. The van der Waals surface area contributed by atoms with Crippen LogP contribution in [-0.2, 0) is 14.1 Å². The second kappa shape index (κ2) is 5.65. The summed E-state index contributed by atoms with van der Waals surface area (Å²) in [5.41, 5.74) is -2.29. The Kier molecular flexibility index (Phi) is 4.09. The van der Waals surface area contributed by atoms with E-state index >= 15 is 4.39 Å². The average molecular weight is 412 g/mol. The van der Waals surface area contributed by atoms with Crippen molar-refractivity contribution in [1.82, 2.24) is 0 Å². The highest BCUT2D eigenvalue weighted by atomic mass is 79.9. The minimum atomic E-state index is -1.34. The van der Waals surface area contributed by atoms with Gasteiger partial charge in [-0.25, -0.2) is 9.18 Å². The number of benzene rings is 1. The van der Waals surface area contributed by atoms with E-state index in [0.29, 0.717) is 10.2 Å². The fourth-order valence-electron chi connectivity index (χ4n) is 2.65. The molecule has 3 rings (SSSR count). The molecule has 0 aliphatic carbocycles. The van der Waals surface area contributed by atoms with Crippen LogP contribution in [0.25, 0.3) is 5.57 Å². The summed E-state index contributed by atoms with van der Waals surface area (Å²) in [4.78, 5) is 23.5. The third kappa shape index (κ3) is 2.80. The van der Waals surface area contributed by atoms with Crippen LogP contribution < -0.4 is 5.32 Å². The van der Waals surface area contributed by atoms with Crippen molar-refractivity contribution in [3.05, 3.63) is 33.5 Å². The van der Waals surface area contributed by atoms with Crippen molar-refractivity contribution in [1.29, 1.82) is 0 Å². The molecular formula is C16H16BBrFNO5. The molecule has 2 heterocycles. The summed E-state index contributed by atoms with van der Waals surface area (Å²) in [5.74, 6) is -1.86. The van der Waals surface area contributed by atoms with Crippen molar-refractivity contribution in [2.75, 3.05) is 5.32 Å². The molecule has 25 heavy (non-hydrogen) atoms. The van der Waals surface area contributed by atoms with E-state index in [1.807, 2.05) is 0 Å². The van der Waals surface area contributed by atoms with Crippen LogP contribution in [-0.4, -0.2) is 35.3 Å². The minimum Gasteiger partial charge on any atom is -0.478 e. The molecule has 0 unspecified atom stereocenters. The number of halogens is 2. The first kappa shape index (κ1) is 18.1. The third-order valence-electron chi connectivity index (χ3n) is 4.77. The van der Waals surface area contributed by atoms with Crippen molar-refractivity contribution in [2.45, 2.75) is 38.9 Å². The second-order valence-corrected chi connectivity index (χ2v) is 7.81. The van der Waals surface area contributed by atoms with Gasteiger partial charge in [0.15, 0.2) is 0 Å². The zero-order valence-corrected chi connectivity index (χ0v) is 15.7. The Hall–Kier alpha value is -1.71. The molecule has 0 spiro atoms. The van der Waals surface area contributed by atoms with E-state index in [1.54, 1.807) is 27.7 Å². The summed E-state index contributed by atoms with van der Waals surface area (Å²) in [6.45, 7) is 7.08. The first-order valence-corrected chi connectivity index (χ1v) is 8.38. The molecule has 0 bridgehead atoms. The van der Waals surface area contributed by atoms with E-state index < -0.39 is 35.9 Å². The lowest BCUT2D eigenvalue weighted by Gasteiger charge is -2.32. The van der Waals surface area contributed by atoms with E-state index in [-0.39, 0.29) is 16.7 Å². The van der Waals surface area contributed by atoms with Crippen molar-refractivity contribution >= 4 is 46.2 Å². The first-order chi connectivity index (χ1) is 11.4. The van der Waals surface area contributed by atoms with Crippen LogP contribution in [0.1, 0.15) is 43.6 Å². The number of anilines is 1. The molecule has 9 heteroatoms. The predicted molar refractivity (Wildman–Crippen MR) is 93.8 cm³/mol. The summed E-state index contributed by atoms with van der Waals surface area (Å²) < 4.78 is 26.7. The van der Waals surface area contributed by atoms with Gasteiger partial charge in [-0.05, 0) is 55.8 Å². The normalized spacial score (nSPS) is 22.6. The number of hydrogen-bond donors (Lipinski definition) is 2. The summed E-state index contributed by atoms with van der Waals surface area (Å²) in [5, 5.41) is 11.7.